The van der Waals surface area contributed by atoms with Crippen LogP contribution in [0.15, 0.2) is 36.4 Å². The highest BCUT2D eigenvalue weighted by atomic mass is 32.1. The zero-order valence-electron chi connectivity index (χ0n) is 12.8. The van der Waals surface area contributed by atoms with Crippen molar-refractivity contribution in [2.45, 2.75) is 6.92 Å². The van der Waals surface area contributed by atoms with Crippen LogP contribution in [0.1, 0.15) is 15.4 Å². The molecule has 1 aromatic heterocycles. The molecule has 1 amide bonds. The molecule has 0 radical (unpaired) electrons. The number of aryl methyl sites for hydroxylation is 1. The highest BCUT2D eigenvalue weighted by molar-refractivity contribution is 7.18. The number of thiazole rings is 1. The Labute approximate surface area is 144 Å². The molecule has 0 atom stereocenters. The molecule has 1 N–H and O–H groups in total. The van der Waals surface area contributed by atoms with Crippen molar-refractivity contribution in [3.63, 3.8) is 0 Å². The number of nitro groups is 2. The van der Waals surface area contributed by atoms with Crippen LogP contribution < -0.4 is 5.32 Å². The number of rotatable bonds is 4. The van der Waals surface area contributed by atoms with Crippen LogP contribution in [-0.4, -0.2) is 20.7 Å². The van der Waals surface area contributed by atoms with E-state index in [9.17, 15) is 25.0 Å². The third kappa shape index (κ3) is 3.43. The summed E-state index contributed by atoms with van der Waals surface area (Å²) in [6.07, 6.45) is 0. The standard InChI is InChI=1S/C15H10N4O5S/c1-8-16-13-3-2-10(6-14(13)25-8)17-15(20)9-4-11(18(21)22)7-12(5-9)19(23)24/h2-7H,1H3,(H,17,20). The molecule has 3 aromatic rings. The lowest BCUT2D eigenvalue weighted by atomic mass is 10.1. The summed E-state index contributed by atoms with van der Waals surface area (Å²) in [4.78, 5) is 36.9. The number of non-ortho nitro benzene ring substituents is 2. The zero-order chi connectivity index (χ0) is 18.1. The van der Waals surface area contributed by atoms with Crippen molar-refractivity contribution in [3.05, 3.63) is 67.2 Å². The number of carbonyl (C=O) groups excluding carboxylic acids is 1. The molecule has 0 spiro atoms. The van der Waals surface area contributed by atoms with Crippen LogP contribution in [0.3, 0.4) is 0 Å². The van der Waals surface area contributed by atoms with Gasteiger partial charge in [0.15, 0.2) is 0 Å². The van der Waals surface area contributed by atoms with Crippen molar-refractivity contribution in [2.24, 2.45) is 0 Å². The SMILES string of the molecule is Cc1nc2ccc(NC(=O)c3cc([N+](=O)[O-])cc([N+](=O)[O-])c3)cc2s1. The van der Waals surface area contributed by atoms with Gasteiger partial charge in [-0.3, -0.25) is 25.0 Å². The van der Waals surface area contributed by atoms with Crippen LogP contribution in [0.5, 0.6) is 0 Å². The van der Waals surface area contributed by atoms with Crippen molar-refractivity contribution >= 4 is 44.5 Å². The lowest BCUT2D eigenvalue weighted by Gasteiger charge is -2.05. The predicted octanol–water partition coefficient (Wildman–Crippen LogP) is 3.67. The lowest BCUT2D eigenvalue weighted by molar-refractivity contribution is -0.394. The van der Waals surface area contributed by atoms with Gasteiger partial charge in [0.2, 0.25) is 0 Å². The average molecular weight is 358 g/mol. The fraction of sp³-hybridized carbons (Fsp3) is 0.0667. The van der Waals surface area contributed by atoms with Crippen LogP contribution in [0.25, 0.3) is 10.2 Å². The van der Waals surface area contributed by atoms with Gasteiger partial charge in [0, 0.05) is 17.8 Å². The summed E-state index contributed by atoms with van der Waals surface area (Å²) in [6, 6.07) is 7.91. The van der Waals surface area contributed by atoms with Crippen LogP contribution in [-0.2, 0) is 0 Å². The van der Waals surface area contributed by atoms with E-state index in [4.69, 9.17) is 0 Å². The van der Waals surface area contributed by atoms with Crippen LogP contribution >= 0.6 is 11.3 Å². The number of benzene rings is 2. The Balaban J connectivity index is 1.93. The highest BCUT2D eigenvalue weighted by Gasteiger charge is 2.20. The summed E-state index contributed by atoms with van der Waals surface area (Å²) in [5.41, 5.74) is 0.0593. The molecule has 25 heavy (non-hydrogen) atoms. The molecule has 0 bridgehead atoms. The van der Waals surface area contributed by atoms with Gasteiger partial charge < -0.3 is 5.32 Å². The molecule has 0 aliphatic rings. The fourth-order valence-electron chi connectivity index (χ4n) is 2.26. The molecule has 0 fully saturated rings. The Morgan fingerprint density at radius 1 is 1.08 bits per heavy atom. The number of aromatic nitrogens is 1. The van der Waals surface area contributed by atoms with E-state index in [1.165, 1.54) is 11.3 Å². The second kappa shape index (κ2) is 6.24. The van der Waals surface area contributed by atoms with Crippen LogP contribution in [0.2, 0.25) is 0 Å². The van der Waals surface area contributed by atoms with Gasteiger partial charge in [-0.05, 0) is 25.1 Å². The lowest BCUT2D eigenvalue weighted by Crippen LogP contribution is -2.12. The first-order chi connectivity index (χ1) is 11.8. The van der Waals surface area contributed by atoms with E-state index in [0.29, 0.717) is 5.69 Å². The second-order valence-corrected chi connectivity index (χ2v) is 6.36. The van der Waals surface area contributed by atoms with E-state index in [1.807, 2.05) is 6.92 Å². The first-order valence-corrected chi connectivity index (χ1v) is 7.77. The van der Waals surface area contributed by atoms with Gasteiger partial charge >= 0.3 is 0 Å². The van der Waals surface area contributed by atoms with Gasteiger partial charge in [0.05, 0.1) is 36.7 Å². The normalized spacial score (nSPS) is 10.6. The number of amides is 1. The molecule has 1 heterocycles. The zero-order valence-corrected chi connectivity index (χ0v) is 13.6. The summed E-state index contributed by atoms with van der Waals surface area (Å²) < 4.78 is 0.875. The molecule has 0 aliphatic heterocycles. The minimum absolute atomic E-state index is 0.165. The van der Waals surface area contributed by atoms with Crippen molar-refractivity contribution < 1.29 is 14.6 Å². The van der Waals surface area contributed by atoms with E-state index < -0.39 is 27.1 Å². The first kappa shape index (κ1) is 16.5. The van der Waals surface area contributed by atoms with Crippen molar-refractivity contribution in [2.75, 3.05) is 5.32 Å². The smallest absolute Gasteiger partial charge is 0.277 e. The van der Waals surface area contributed by atoms with E-state index in [0.717, 1.165) is 33.4 Å². The monoisotopic (exact) mass is 358 g/mol. The molecule has 2 aromatic carbocycles. The average Bonchev–Trinajstić information content (AvgIpc) is 2.93. The van der Waals surface area contributed by atoms with Crippen molar-refractivity contribution in [1.29, 1.82) is 0 Å². The quantitative estimate of drug-likeness (QED) is 0.559. The third-order valence-electron chi connectivity index (χ3n) is 3.34. The summed E-state index contributed by atoms with van der Waals surface area (Å²) >= 11 is 1.46. The van der Waals surface area contributed by atoms with E-state index in [2.05, 4.69) is 10.3 Å². The maximum atomic E-state index is 12.3. The molecule has 0 saturated heterocycles. The van der Waals surface area contributed by atoms with Gasteiger partial charge in [-0.1, -0.05) is 0 Å². The summed E-state index contributed by atoms with van der Waals surface area (Å²) in [5.74, 6) is -0.674. The Hall–Kier alpha value is -3.40. The fourth-order valence-corrected chi connectivity index (χ4v) is 3.12. The Morgan fingerprint density at radius 3 is 2.32 bits per heavy atom. The largest absolute Gasteiger partial charge is 0.322 e. The van der Waals surface area contributed by atoms with E-state index >= 15 is 0 Å². The van der Waals surface area contributed by atoms with Gasteiger partial charge in [-0.2, -0.15) is 0 Å². The van der Waals surface area contributed by atoms with E-state index in [1.54, 1.807) is 18.2 Å². The molecular weight excluding hydrogens is 348 g/mol. The molecule has 10 heteroatoms. The number of carbonyl (C=O) groups is 1. The summed E-state index contributed by atoms with van der Waals surface area (Å²) in [5, 5.41) is 25.3. The minimum atomic E-state index is -0.782. The number of anilines is 1. The Bertz CT molecular complexity index is 998. The topological polar surface area (TPSA) is 128 Å². The maximum absolute atomic E-state index is 12.3. The summed E-state index contributed by atoms with van der Waals surface area (Å²) in [7, 11) is 0. The Morgan fingerprint density at radius 2 is 1.72 bits per heavy atom. The highest BCUT2D eigenvalue weighted by Crippen LogP contribution is 2.26. The van der Waals surface area contributed by atoms with Crippen molar-refractivity contribution in [3.8, 4) is 0 Å². The predicted molar refractivity (Wildman–Crippen MR) is 92.1 cm³/mol. The second-order valence-electron chi connectivity index (χ2n) is 5.12. The molecule has 9 nitrogen and oxygen atoms in total. The number of nitro benzene ring substituents is 2. The van der Waals surface area contributed by atoms with Gasteiger partial charge in [-0.25, -0.2) is 4.98 Å². The van der Waals surface area contributed by atoms with Crippen LogP contribution in [0.4, 0.5) is 17.1 Å². The molecule has 0 aliphatic carbocycles. The molecule has 126 valence electrons. The van der Waals surface area contributed by atoms with Gasteiger partial charge in [0.25, 0.3) is 17.3 Å². The number of nitrogens with zero attached hydrogens (tertiary/aromatic N) is 3. The minimum Gasteiger partial charge on any atom is -0.322 e. The van der Waals surface area contributed by atoms with E-state index in [-0.39, 0.29) is 5.56 Å². The number of nitrogens with one attached hydrogen (secondary N) is 1. The van der Waals surface area contributed by atoms with Gasteiger partial charge in [-0.15, -0.1) is 11.3 Å². The number of fused-ring (bicyclic) bond motifs is 1. The van der Waals surface area contributed by atoms with Crippen molar-refractivity contribution in [1.82, 2.24) is 4.98 Å². The third-order valence-corrected chi connectivity index (χ3v) is 4.27. The Kier molecular flexibility index (Phi) is 4.11. The molecule has 3 rings (SSSR count). The number of hydrogen-bond acceptors (Lipinski definition) is 7. The molecular formula is C15H10N4O5S. The summed E-state index contributed by atoms with van der Waals surface area (Å²) in [6.45, 7) is 1.87. The number of hydrogen-bond donors (Lipinski definition) is 1. The first-order valence-electron chi connectivity index (χ1n) is 6.96. The van der Waals surface area contributed by atoms with Crippen LogP contribution in [0, 0.1) is 27.2 Å². The van der Waals surface area contributed by atoms with Gasteiger partial charge in [0.1, 0.15) is 0 Å². The molecule has 0 unspecified atom stereocenters. The maximum Gasteiger partial charge on any atom is 0.277 e. The molecule has 0 saturated carbocycles.